The summed E-state index contributed by atoms with van der Waals surface area (Å²) in [5.41, 5.74) is 0. The Hall–Kier alpha value is -1.14. The van der Waals surface area contributed by atoms with Crippen molar-refractivity contribution in [1.29, 1.82) is 0 Å². The number of nitrogens with one attached hydrogen (secondary N) is 2. The summed E-state index contributed by atoms with van der Waals surface area (Å²) in [6.45, 7) is 3.07. The molecule has 1 aromatic rings. The predicted molar refractivity (Wildman–Crippen MR) is 84.8 cm³/mol. The molecule has 0 spiro atoms. The summed E-state index contributed by atoms with van der Waals surface area (Å²) in [4.78, 5) is 4.33. The molecular formula is C15H25N3O2S. The quantitative estimate of drug-likeness (QED) is 0.812. The maximum atomic E-state index is 12.4. The van der Waals surface area contributed by atoms with E-state index in [0.717, 1.165) is 6.42 Å². The fourth-order valence-corrected chi connectivity index (χ4v) is 4.04. The van der Waals surface area contributed by atoms with Gasteiger partial charge < -0.3 is 5.32 Å². The Morgan fingerprint density at radius 2 is 2.05 bits per heavy atom. The number of rotatable bonds is 7. The first-order valence-corrected chi connectivity index (χ1v) is 9.30. The van der Waals surface area contributed by atoms with Gasteiger partial charge in [-0.15, -0.1) is 0 Å². The fraction of sp³-hybridized carbons (Fsp3) is 0.667. The molecule has 0 aliphatic heterocycles. The van der Waals surface area contributed by atoms with Crippen LogP contribution in [0.15, 0.2) is 23.2 Å². The minimum absolute atomic E-state index is 0.232. The van der Waals surface area contributed by atoms with E-state index in [4.69, 9.17) is 0 Å². The molecule has 0 aromatic carbocycles. The van der Waals surface area contributed by atoms with Crippen LogP contribution >= 0.6 is 0 Å². The van der Waals surface area contributed by atoms with Crippen LogP contribution in [0.4, 0.5) is 5.82 Å². The molecule has 5 nitrogen and oxygen atoms in total. The molecule has 1 aromatic heterocycles. The summed E-state index contributed by atoms with van der Waals surface area (Å²) < 4.78 is 27.5. The van der Waals surface area contributed by atoms with Crippen LogP contribution in [0.25, 0.3) is 0 Å². The molecule has 21 heavy (non-hydrogen) atoms. The lowest BCUT2D eigenvalue weighted by atomic mass is 9.87. The van der Waals surface area contributed by atoms with Crippen molar-refractivity contribution >= 4 is 15.8 Å². The predicted octanol–water partition coefficient (Wildman–Crippen LogP) is 2.76. The van der Waals surface area contributed by atoms with Crippen LogP contribution in [0.2, 0.25) is 0 Å². The molecule has 0 bridgehead atoms. The van der Waals surface area contributed by atoms with Crippen LogP contribution < -0.4 is 10.0 Å². The maximum Gasteiger partial charge on any atom is 0.244 e. The lowest BCUT2D eigenvalue weighted by molar-refractivity contribution is 0.339. The van der Waals surface area contributed by atoms with Crippen molar-refractivity contribution in [2.75, 3.05) is 18.4 Å². The van der Waals surface area contributed by atoms with Gasteiger partial charge in [-0.3, -0.25) is 0 Å². The summed E-state index contributed by atoms with van der Waals surface area (Å²) in [7, 11) is -3.49. The van der Waals surface area contributed by atoms with Crippen molar-refractivity contribution in [2.45, 2.75) is 50.3 Å². The molecule has 118 valence electrons. The molecule has 1 heterocycles. The largest absolute Gasteiger partial charge is 0.369 e. The monoisotopic (exact) mass is 311 g/mol. The van der Waals surface area contributed by atoms with Crippen LogP contribution in [0.3, 0.4) is 0 Å². The molecule has 0 amide bonds. The van der Waals surface area contributed by atoms with Crippen LogP contribution in [0, 0.1) is 5.92 Å². The van der Waals surface area contributed by atoms with Gasteiger partial charge in [-0.1, -0.05) is 32.1 Å². The number of nitrogens with zero attached hydrogens (tertiary/aromatic N) is 1. The number of sulfonamides is 1. The zero-order valence-electron chi connectivity index (χ0n) is 12.6. The van der Waals surface area contributed by atoms with E-state index >= 15 is 0 Å². The normalized spacial score (nSPS) is 16.8. The minimum atomic E-state index is -3.49. The molecular weight excluding hydrogens is 286 g/mol. The summed E-state index contributed by atoms with van der Waals surface area (Å²) in [5, 5.41) is 2.99. The summed E-state index contributed by atoms with van der Waals surface area (Å²) in [6, 6.07) is 3.24. The summed E-state index contributed by atoms with van der Waals surface area (Å²) in [5.74, 6) is 1.09. The molecule has 1 fully saturated rings. The van der Waals surface area contributed by atoms with Crippen molar-refractivity contribution in [3.63, 3.8) is 0 Å². The molecule has 1 saturated carbocycles. The van der Waals surface area contributed by atoms with Gasteiger partial charge in [0.2, 0.25) is 10.0 Å². The third kappa shape index (κ3) is 4.68. The van der Waals surface area contributed by atoms with Gasteiger partial charge in [0, 0.05) is 19.3 Å². The molecule has 2 N–H and O–H groups in total. The number of anilines is 1. The Morgan fingerprint density at radius 3 is 2.76 bits per heavy atom. The Balaban J connectivity index is 1.94. The van der Waals surface area contributed by atoms with Gasteiger partial charge in [0.25, 0.3) is 0 Å². The van der Waals surface area contributed by atoms with Crippen molar-refractivity contribution in [3.8, 4) is 0 Å². The SMILES string of the molecule is CCNc1ncccc1S(=O)(=O)NCCC1CCCCC1. The number of hydrogen-bond acceptors (Lipinski definition) is 4. The highest BCUT2D eigenvalue weighted by molar-refractivity contribution is 7.89. The highest BCUT2D eigenvalue weighted by Gasteiger charge is 2.20. The second kappa shape index (κ2) is 7.75. The smallest absolute Gasteiger partial charge is 0.244 e. The van der Waals surface area contributed by atoms with Gasteiger partial charge in [0.15, 0.2) is 0 Å². The first-order chi connectivity index (χ1) is 10.1. The lowest BCUT2D eigenvalue weighted by Gasteiger charge is -2.21. The molecule has 0 atom stereocenters. The topological polar surface area (TPSA) is 71.1 Å². The molecule has 2 rings (SSSR count). The number of aromatic nitrogens is 1. The highest BCUT2D eigenvalue weighted by atomic mass is 32.2. The van der Waals surface area contributed by atoms with E-state index in [1.807, 2.05) is 6.92 Å². The molecule has 0 unspecified atom stereocenters. The van der Waals surface area contributed by atoms with E-state index in [1.54, 1.807) is 18.3 Å². The van der Waals surface area contributed by atoms with Gasteiger partial charge in [-0.25, -0.2) is 18.1 Å². The van der Waals surface area contributed by atoms with Crippen LogP contribution in [-0.2, 0) is 10.0 Å². The van der Waals surface area contributed by atoms with Crippen LogP contribution in [0.5, 0.6) is 0 Å². The Kier molecular flexibility index (Phi) is 5.99. The highest BCUT2D eigenvalue weighted by Crippen LogP contribution is 2.26. The third-order valence-corrected chi connectivity index (χ3v) is 5.47. The van der Waals surface area contributed by atoms with Crippen molar-refractivity contribution in [3.05, 3.63) is 18.3 Å². The van der Waals surface area contributed by atoms with Gasteiger partial charge in [-0.2, -0.15) is 0 Å². The van der Waals surface area contributed by atoms with E-state index in [1.165, 1.54) is 32.1 Å². The molecule has 1 aliphatic rings. The lowest BCUT2D eigenvalue weighted by Crippen LogP contribution is -2.27. The molecule has 0 saturated heterocycles. The maximum absolute atomic E-state index is 12.4. The van der Waals surface area contributed by atoms with E-state index in [0.29, 0.717) is 24.8 Å². The second-order valence-electron chi connectivity index (χ2n) is 5.57. The van der Waals surface area contributed by atoms with Crippen molar-refractivity contribution in [1.82, 2.24) is 9.71 Å². The van der Waals surface area contributed by atoms with Gasteiger partial charge in [0.05, 0.1) is 0 Å². The van der Waals surface area contributed by atoms with Crippen molar-refractivity contribution in [2.24, 2.45) is 5.92 Å². The number of hydrogen-bond donors (Lipinski definition) is 2. The summed E-state index contributed by atoms with van der Waals surface area (Å²) >= 11 is 0. The van der Waals surface area contributed by atoms with E-state index < -0.39 is 10.0 Å². The Morgan fingerprint density at radius 1 is 1.29 bits per heavy atom. The second-order valence-corrected chi connectivity index (χ2v) is 7.31. The van der Waals surface area contributed by atoms with E-state index in [-0.39, 0.29) is 4.90 Å². The first-order valence-electron chi connectivity index (χ1n) is 7.82. The average molecular weight is 311 g/mol. The van der Waals surface area contributed by atoms with Gasteiger partial charge >= 0.3 is 0 Å². The molecule has 1 aliphatic carbocycles. The van der Waals surface area contributed by atoms with E-state index in [2.05, 4.69) is 15.0 Å². The molecule has 6 heteroatoms. The van der Waals surface area contributed by atoms with Crippen LogP contribution in [-0.4, -0.2) is 26.5 Å². The standard InChI is InChI=1S/C15H25N3O2S/c1-2-16-15-14(9-6-11-17-15)21(19,20)18-12-10-13-7-4-3-5-8-13/h6,9,11,13,18H,2-5,7-8,10,12H2,1H3,(H,16,17). The van der Waals surface area contributed by atoms with E-state index in [9.17, 15) is 8.42 Å². The summed E-state index contributed by atoms with van der Waals surface area (Å²) in [6.07, 6.45) is 8.88. The zero-order chi connectivity index (χ0) is 15.1. The number of pyridine rings is 1. The zero-order valence-corrected chi connectivity index (χ0v) is 13.5. The third-order valence-electron chi connectivity index (χ3n) is 3.97. The molecule has 0 radical (unpaired) electrons. The van der Waals surface area contributed by atoms with Gasteiger partial charge in [0.1, 0.15) is 10.7 Å². The van der Waals surface area contributed by atoms with Crippen LogP contribution in [0.1, 0.15) is 45.4 Å². The average Bonchev–Trinajstić information content (AvgIpc) is 2.49. The first kappa shape index (κ1) is 16.2. The van der Waals surface area contributed by atoms with Crippen molar-refractivity contribution < 1.29 is 8.42 Å². The minimum Gasteiger partial charge on any atom is -0.369 e. The Bertz CT molecular complexity index is 540. The fourth-order valence-electron chi connectivity index (χ4n) is 2.86. The van der Waals surface area contributed by atoms with Gasteiger partial charge in [-0.05, 0) is 31.4 Å². The Labute approximate surface area is 127 Å².